The van der Waals surface area contributed by atoms with Gasteiger partial charge in [0.25, 0.3) is 0 Å². The van der Waals surface area contributed by atoms with E-state index in [0.717, 1.165) is 18.5 Å². The van der Waals surface area contributed by atoms with Crippen LogP contribution in [0, 0.1) is 0 Å². The Morgan fingerprint density at radius 1 is 1.17 bits per heavy atom. The first kappa shape index (κ1) is 12.6. The van der Waals surface area contributed by atoms with Gasteiger partial charge in [-0.25, -0.2) is 0 Å². The molecule has 1 unspecified atom stereocenters. The molecule has 0 saturated carbocycles. The van der Waals surface area contributed by atoms with Crippen LogP contribution < -0.4 is 5.32 Å². The Morgan fingerprint density at radius 3 is 2.61 bits per heavy atom. The smallest absolute Gasteiger partial charge is 0.120 e. The fourth-order valence-electron chi connectivity index (χ4n) is 1.95. The number of rotatable bonds is 5. The molecule has 18 heavy (non-hydrogen) atoms. The third kappa shape index (κ3) is 3.31. The summed E-state index contributed by atoms with van der Waals surface area (Å²) in [7, 11) is 0. The Hall–Kier alpha value is -1.87. The van der Waals surface area contributed by atoms with E-state index in [1.54, 1.807) is 6.07 Å². The lowest BCUT2D eigenvalue weighted by Crippen LogP contribution is -2.21. The third-order valence-corrected chi connectivity index (χ3v) is 3.02. The summed E-state index contributed by atoms with van der Waals surface area (Å²) in [5, 5.41) is 13.2. The minimum Gasteiger partial charge on any atom is -0.508 e. The number of hydrogen-bond donors (Lipinski definition) is 2. The van der Waals surface area contributed by atoms with E-state index in [1.807, 2.05) is 42.7 Å². The number of pyridine rings is 1. The van der Waals surface area contributed by atoms with Crippen LogP contribution in [-0.4, -0.2) is 16.6 Å². The third-order valence-electron chi connectivity index (χ3n) is 3.02. The normalized spacial score (nSPS) is 12.3. The Labute approximate surface area is 108 Å². The molecule has 1 heterocycles. The Bertz CT molecular complexity index is 485. The summed E-state index contributed by atoms with van der Waals surface area (Å²) >= 11 is 0. The number of aromatic hydroxyl groups is 1. The molecule has 94 valence electrons. The van der Waals surface area contributed by atoms with Gasteiger partial charge in [-0.3, -0.25) is 4.98 Å². The molecular formula is C15H18N2O. The fraction of sp³-hybridized carbons (Fsp3) is 0.267. The highest BCUT2D eigenvalue weighted by Gasteiger charge is 2.08. The number of benzene rings is 1. The molecule has 3 nitrogen and oxygen atoms in total. The molecule has 0 aliphatic carbocycles. The van der Waals surface area contributed by atoms with Gasteiger partial charge in [0.1, 0.15) is 5.75 Å². The van der Waals surface area contributed by atoms with Crippen LogP contribution in [0.15, 0.2) is 48.8 Å². The molecular weight excluding hydrogens is 224 g/mol. The van der Waals surface area contributed by atoms with Gasteiger partial charge in [-0.15, -0.1) is 0 Å². The summed E-state index contributed by atoms with van der Waals surface area (Å²) in [6, 6.07) is 11.6. The molecule has 1 aromatic carbocycles. The number of nitrogens with one attached hydrogen (secondary N) is 1. The zero-order chi connectivity index (χ0) is 12.8. The van der Waals surface area contributed by atoms with E-state index in [2.05, 4.69) is 17.2 Å². The summed E-state index contributed by atoms with van der Waals surface area (Å²) in [6.45, 7) is 2.93. The molecule has 0 radical (unpaired) electrons. The van der Waals surface area contributed by atoms with Crippen molar-refractivity contribution in [1.29, 1.82) is 0 Å². The number of hydrogen-bond acceptors (Lipinski definition) is 3. The lowest BCUT2D eigenvalue weighted by Gasteiger charge is -2.15. The molecule has 0 spiro atoms. The van der Waals surface area contributed by atoms with Gasteiger partial charge in [-0.1, -0.05) is 18.2 Å². The van der Waals surface area contributed by atoms with Gasteiger partial charge in [0.05, 0.1) is 0 Å². The van der Waals surface area contributed by atoms with Gasteiger partial charge >= 0.3 is 0 Å². The van der Waals surface area contributed by atoms with Crippen molar-refractivity contribution in [1.82, 2.24) is 10.3 Å². The first-order valence-electron chi connectivity index (χ1n) is 6.17. The van der Waals surface area contributed by atoms with Gasteiger partial charge in [0.15, 0.2) is 0 Å². The second-order valence-corrected chi connectivity index (χ2v) is 4.34. The van der Waals surface area contributed by atoms with Crippen molar-refractivity contribution in [2.75, 3.05) is 6.54 Å². The zero-order valence-electron chi connectivity index (χ0n) is 10.5. The first-order chi connectivity index (χ1) is 8.77. The maximum Gasteiger partial charge on any atom is 0.120 e. The van der Waals surface area contributed by atoms with Gasteiger partial charge < -0.3 is 10.4 Å². The molecule has 1 atom stereocenters. The number of phenols is 1. The van der Waals surface area contributed by atoms with E-state index in [-0.39, 0.29) is 6.04 Å². The number of nitrogens with zero attached hydrogens (tertiary/aromatic N) is 1. The standard InChI is InChI=1S/C15H18N2O/c1-12(14-4-2-3-5-15(14)18)17-11-8-13-6-9-16-10-7-13/h2-7,9-10,12,17-18H,8,11H2,1H3. The Morgan fingerprint density at radius 2 is 1.89 bits per heavy atom. The molecule has 3 heteroatoms. The molecule has 1 aromatic heterocycles. The second kappa shape index (κ2) is 6.17. The van der Waals surface area contributed by atoms with Crippen molar-refractivity contribution in [2.45, 2.75) is 19.4 Å². The fourth-order valence-corrected chi connectivity index (χ4v) is 1.95. The van der Waals surface area contributed by atoms with Gasteiger partial charge in [-0.05, 0) is 43.7 Å². The molecule has 0 aliphatic rings. The zero-order valence-corrected chi connectivity index (χ0v) is 10.5. The SMILES string of the molecule is CC(NCCc1ccncc1)c1ccccc1O. The topological polar surface area (TPSA) is 45.2 Å². The molecule has 0 aliphatic heterocycles. The average Bonchev–Trinajstić information content (AvgIpc) is 2.40. The lowest BCUT2D eigenvalue weighted by atomic mass is 10.1. The van der Waals surface area contributed by atoms with Crippen LogP contribution in [0.3, 0.4) is 0 Å². The highest BCUT2D eigenvalue weighted by molar-refractivity contribution is 5.34. The first-order valence-corrected chi connectivity index (χ1v) is 6.17. The van der Waals surface area contributed by atoms with Gasteiger partial charge in [0.2, 0.25) is 0 Å². The molecule has 0 amide bonds. The van der Waals surface area contributed by atoms with E-state index in [1.165, 1.54) is 5.56 Å². The predicted octanol–water partition coefficient (Wildman–Crippen LogP) is 2.68. The Balaban J connectivity index is 1.86. The van der Waals surface area contributed by atoms with Crippen molar-refractivity contribution >= 4 is 0 Å². The van der Waals surface area contributed by atoms with E-state index < -0.39 is 0 Å². The van der Waals surface area contributed by atoms with Crippen LogP contribution in [0.4, 0.5) is 0 Å². The molecule has 0 saturated heterocycles. The molecule has 2 rings (SSSR count). The van der Waals surface area contributed by atoms with Crippen LogP contribution in [-0.2, 0) is 6.42 Å². The second-order valence-electron chi connectivity index (χ2n) is 4.34. The van der Waals surface area contributed by atoms with Gasteiger partial charge in [0, 0.05) is 24.0 Å². The summed E-state index contributed by atoms with van der Waals surface area (Å²) in [5.41, 5.74) is 2.20. The van der Waals surface area contributed by atoms with E-state index >= 15 is 0 Å². The summed E-state index contributed by atoms with van der Waals surface area (Å²) in [5.74, 6) is 0.349. The molecule has 0 fully saturated rings. The van der Waals surface area contributed by atoms with E-state index in [9.17, 15) is 5.11 Å². The average molecular weight is 242 g/mol. The van der Waals surface area contributed by atoms with Crippen LogP contribution in [0.1, 0.15) is 24.1 Å². The predicted molar refractivity (Wildman–Crippen MR) is 72.5 cm³/mol. The summed E-state index contributed by atoms with van der Waals surface area (Å²) in [6.07, 6.45) is 4.57. The van der Waals surface area contributed by atoms with Crippen LogP contribution in [0.2, 0.25) is 0 Å². The van der Waals surface area contributed by atoms with Crippen molar-refractivity contribution in [2.24, 2.45) is 0 Å². The van der Waals surface area contributed by atoms with E-state index in [4.69, 9.17) is 0 Å². The largest absolute Gasteiger partial charge is 0.508 e. The minimum atomic E-state index is 0.146. The van der Waals surface area contributed by atoms with E-state index in [0.29, 0.717) is 5.75 Å². The number of para-hydroxylation sites is 1. The minimum absolute atomic E-state index is 0.146. The Kier molecular flexibility index (Phi) is 4.31. The quantitative estimate of drug-likeness (QED) is 0.847. The summed E-state index contributed by atoms with van der Waals surface area (Å²) < 4.78 is 0. The summed E-state index contributed by atoms with van der Waals surface area (Å²) in [4.78, 5) is 3.99. The number of phenolic OH excluding ortho intramolecular Hbond substituents is 1. The van der Waals surface area contributed by atoms with Crippen molar-refractivity contribution < 1.29 is 5.11 Å². The van der Waals surface area contributed by atoms with Crippen molar-refractivity contribution in [3.05, 3.63) is 59.9 Å². The van der Waals surface area contributed by atoms with Crippen LogP contribution in [0.5, 0.6) is 5.75 Å². The van der Waals surface area contributed by atoms with Gasteiger partial charge in [-0.2, -0.15) is 0 Å². The number of aromatic nitrogens is 1. The molecule has 2 aromatic rings. The maximum atomic E-state index is 9.75. The highest BCUT2D eigenvalue weighted by Crippen LogP contribution is 2.22. The lowest BCUT2D eigenvalue weighted by molar-refractivity contribution is 0.453. The van der Waals surface area contributed by atoms with Crippen molar-refractivity contribution in [3.63, 3.8) is 0 Å². The van der Waals surface area contributed by atoms with Crippen molar-refractivity contribution in [3.8, 4) is 5.75 Å². The maximum absolute atomic E-state index is 9.75. The molecule has 2 N–H and O–H groups in total. The monoisotopic (exact) mass is 242 g/mol. The van der Waals surface area contributed by atoms with Crippen LogP contribution in [0.25, 0.3) is 0 Å². The van der Waals surface area contributed by atoms with Crippen LogP contribution >= 0.6 is 0 Å². The highest BCUT2D eigenvalue weighted by atomic mass is 16.3. The molecule has 0 bridgehead atoms.